The second-order valence-electron chi connectivity index (χ2n) is 4.61. The minimum atomic E-state index is -0.572. The number of rotatable bonds is 6. The maximum Gasteiger partial charge on any atom is 0.173 e. The molecule has 0 aromatic heterocycles. The highest BCUT2D eigenvalue weighted by atomic mass is 35.5. The fourth-order valence-corrected chi connectivity index (χ4v) is 2.34. The second kappa shape index (κ2) is 6.83. The molecular formula is C14H13Cl2NO4. The van der Waals surface area contributed by atoms with Crippen molar-refractivity contribution < 1.29 is 19.2 Å². The topological polar surface area (TPSA) is 94.3 Å². The standard InChI is InChI=1S/C14H13Cl2NO4/c1-6(18)3-10(20)8-5-9(15)12(14(17)13(8)16)11(21)4-7(2)19/h5H,3-4,17H2,1-2H3. The van der Waals surface area contributed by atoms with Gasteiger partial charge < -0.3 is 5.73 Å². The van der Waals surface area contributed by atoms with E-state index in [1.165, 1.54) is 19.9 Å². The Morgan fingerprint density at radius 3 is 1.95 bits per heavy atom. The van der Waals surface area contributed by atoms with Crippen LogP contribution in [0.3, 0.4) is 0 Å². The van der Waals surface area contributed by atoms with E-state index in [0.717, 1.165) is 0 Å². The van der Waals surface area contributed by atoms with Crippen LogP contribution in [0.5, 0.6) is 0 Å². The van der Waals surface area contributed by atoms with Crippen LogP contribution in [0.4, 0.5) is 5.69 Å². The predicted molar refractivity (Wildman–Crippen MR) is 80.1 cm³/mol. The monoisotopic (exact) mass is 329 g/mol. The molecule has 0 aliphatic carbocycles. The Bertz CT molecular complexity index is 653. The van der Waals surface area contributed by atoms with Gasteiger partial charge in [-0.05, 0) is 19.9 Å². The zero-order valence-electron chi connectivity index (χ0n) is 11.5. The number of carbonyl (C=O) groups excluding carboxylic acids is 4. The van der Waals surface area contributed by atoms with Crippen molar-refractivity contribution in [3.8, 4) is 0 Å². The molecule has 1 rings (SSSR count). The summed E-state index contributed by atoms with van der Waals surface area (Å²) >= 11 is 11.9. The maximum atomic E-state index is 11.9. The second-order valence-corrected chi connectivity index (χ2v) is 5.40. The quantitative estimate of drug-likeness (QED) is 0.492. The van der Waals surface area contributed by atoms with Crippen LogP contribution in [0, 0.1) is 0 Å². The van der Waals surface area contributed by atoms with E-state index in [4.69, 9.17) is 28.9 Å². The lowest BCUT2D eigenvalue weighted by Crippen LogP contribution is -2.12. The summed E-state index contributed by atoms with van der Waals surface area (Å²) in [6.45, 7) is 2.52. The van der Waals surface area contributed by atoms with Gasteiger partial charge in [-0.3, -0.25) is 19.2 Å². The third kappa shape index (κ3) is 4.12. The summed E-state index contributed by atoms with van der Waals surface area (Å²) in [7, 11) is 0. The van der Waals surface area contributed by atoms with Crippen LogP contribution < -0.4 is 5.73 Å². The van der Waals surface area contributed by atoms with Crippen LogP contribution in [-0.2, 0) is 9.59 Å². The summed E-state index contributed by atoms with van der Waals surface area (Å²) in [5.74, 6) is -1.78. The molecule has 2 N–H and O–H groups in total. The van der Waals surface area contributed by atoms with Gasteiger partial charge in [0.05, 0.1) is 34.1 Å². The lowest BCUT2D eigenvalue weighted by atomic mass is 9.99. The van der Waals surface area contributed by atoms with Gasteiger partial charge in [0.15, 0.2) is 11.6 Å². The molecule has 0 heterocycles. The molecule has 0 aliphatic rings. The normalized spacial score (nSPS) is 10.3. The van der Waals surface area contributed by atoms with Crippen molar-refractivity contribution in [2.24, 2.45) is 0 Å². The highest BCUT2D eigenvalue weighted by Gasteiger charge is 2.23. The number of nitrogens with two attached hydrogens (primary N) is 1. The average molecular weight is 330 g/mol. The van der Waals surface area contributed by atoms with Gasteiger partial charge in [0.2, 0.25) is 0 Å². The van der Waals surface area contributed by atoms with Crippen molar-refractivity contribution in [1.29, 1.82) is 0 Å². The minimum absolute atomic E-state index is 0.0197. The van der Waals surface area contributed by atoms with E-state index in [2.05, 4.69) is 0 Å². The molecule has 0 unspecified atom stereocenters. The molecule has 7 heteroatoms. The number of anilines is 1. The molecule has 0 fully saturated rings. The first-order valence-electron chi connectivity index (χ1n) is 5.97. The van der Waals surface area contributed by atoms with Gasteiger partial charge in [-0.15, -0.1) is 0 Å². The summed E-state index contributed by atoms with van der Waals surface area (Å²) in [5, 5.41) is -0.215. The molecule has 0 aliphatic heterocycles. The van der Waals surface area contributed by atoms with Crippen molar-refractivity contribution >= 4 is 52.0 Å². The van der Waals surface area contributed by atoms with Crippen LogP contribution in [0.15, 0.2) is 6.07 Å². The molecular weight excluding hydrogens is 317 g/mol. The highest BCUT2D eigenvalue weighted by molar-refractivity contribution is 6.41. The Hall–Kier alpha value is -1.72. The third-order valence-corrected chi connectivity index (χ3v) is 3.36. The molecule has 1 aromatic carbocycles. The smallest absolute Gasteiger partial charge is 0.173 e. The predicted octanol–water partition coefficient (Wildman–Crippen LogP) is 2.90. The van der Waals surface area contributed by atoms with Crippen LogP contribution in [0.1, 0.15) is 47.4 Å². The van der Waals surface area contributed by atoms with Crippen molar-refractivity contribution in [3.05, 3.63) is 27.2 Å². The largest absolute Gasteiger partial charge is 0.397 e. The summed E-state index contributed by atoms with van der Waals surface area (Å²) in [6, 6.07) is 1.19. The van der Waals surface area contributed by atoms with Crippen molar-refractivity contribution in [2.45, 2.75) is 26.7 Å². The summed E-state index contributed by atoms with van der Waals surface area (Å²) < 4.78 is 0. The van der Waals surface area contributed by atoms with E-state index < -0.39 is 11.6 Å². The number of nitrogen functional groups attached to an aromatic ring is 1. The lowest BCUT2D eigenvalue weighted by molar-refractivity contribution is -0.117. The van der Waals surface area contributed by atoms with Crippen molar-refractivity contribution in [2.75, 3.05) is 5.73 Å². The van der Waals surface area contributed by atoms with E-state index >= 15 is 0 Å². The number of ketones is 4. The molecule has 112 valence electrons. The first-order chi connectivity index (χ1) is 9.65. The van der Waals surface area contributed by atoms with Crippen LogP contribution >= 0.6 is 23.2 Å². The fraction of sp³-hybridized carbons (Fsp3) is 0.286. The molecule has 0 amide bonds. The summed E-state index contributed by atoms with van der Waals surface area (Å²) in [4.78, 5) is 45.8. The van der Waals surface area contributed by atoms with Crippen molar-refractivity contribution in [3.63, 3.8) is 0 Å². The molecule has 0 radical (unpaired) electrons. The summed E-state index contributed by atoms with van der Waals surface area (Å²) in [5.41, 5.74) is 5.47. The van der Waals surface area contributed by atoms with Gasteiger partial charge in [-0.2, -0.15) is 0 Å². The first-order valence-corrected chi connectivity index (χ1v) is 6.73. The molecule has 5 nitrogen and oxygen atoms in total. The zero-order valence-corrected chi connectivity index (χ0v) is 13.0. The molecule has 21 heavy (non-hydrogen) atoms. The van der Waals surface area contributed by atoms with E-state index in [0.29, 0.717) is 0 Å². The third-order valence-electron chi connectivity index (χ3n) is 2.65. The fourth-order valence-electron chi connectivity index (χ4n) is 1.77. The van der Waals surface area contributed by atoms with E-state index in [1.54, 1.807) is 0 Å². The van der Waals surface area contributed by atoms with Gasteiger partial charge in [-0.25, -0.2) is 0 Å². The first kappa shape index (κ1) is 17.3. The minimum Gasteiger partial charge on any atom is -0.397 e. The SMILES string of the molecule is CC(=O)CC(=O)c1cc(Cl)c(C(=O)CC(C)=O)c(N)c1Cl. The Morgan fingerprint density at radius 1 is 1.00 bits per heavy atom. The molecule has 0 atom stereocenters. The maximum absolute atomic E-state index is 11.9. The molecule has 1 aromatic rings. The molecule has 0 spiro atoms. The van der Waals surface area contributed by atoms with Gasteiger partial charge in [0, 0.05) is 5.56 Å². The Kier molecular flexibility index (Phi) is 5.63. The van der Waals surface area contributed by atoms with Gasteiger partial charge in [0.1, 0.15) is 11.6 Å². The van der Waals surface area contributed by atoms with E-state index in [9.17, 15) is 19.2 Å². The Labute approximate surface area is 131 Å². The van der Waals surface area contributed by atoms with Gasteiger partial charge >= 0.3 is 0 Å². The molecule has 0 saturated carbocycles. The van der Waals surface area contributed by atoms with Crippen LogP contribution in [-0.4, -0.2) is 23.1 Å². The lowest BCUT2D eigenvalue weighted by Gasteiger charge is -2.12. The zero-order chi connectivity index (χ0) is 16.3. The Morgan fingerprint density at radius 2 is 1.48 bits per heavy atom. The molecule has 0 saturated heterocycles. The van der Waals surface area contributed by atoms with E-state index in [1.807, 2.05) is 0 Å². The number of hydrogen-bond acceptors (Lipinski definition) is 5. The van der Waals surface area contributed by atoms with Gasteiger partial charge in [-0.1, -0.05) is 23.2 Å². The Balaban J connectivity index is 3.33. The highest BCUT2D eigenvalue weighted by Crippen LogP contribution is 2.34. The number of Topliss-reactive ketones (excluding diaryl/α,β-unsaturated/α-hetero) is 4. The van der Waals surface area contributed by atoms with Crippen molar-refractivity contribution in [1.82, 2.24) is 0 Å². The number of benzene rings is 1. The van der Waals surface area contributed by atoms with Crippen LogP contribution in [0.25, 0.3) is 0 Å². The van der Waals surface area contributed by atoms with Crippen LogP contribution in [0.2, 0.25) is 10.0 Å². The number of carbonyl (C=O) groups is 4. The molecule has 0 bridgehead atoms. The number of hydrogen-bond donors (Lipinski definition) is 1. The number of halogens is 2. The summed E-state index contributed by atoms with van der Waals surface area (Å²) in [6.07, 6.45) is -0.697. The average Bonchev–Trinajstić information content (AvgIpc) is 2.31. The van der Waals surface area contributed by atoms with Gasteiger partial charge in [0.25, 0.3) is 0 Å². The van der Waals surface area contributed by atoms with E-state index in [-0.39, 0.29) is 51.3 Å².